The van der Waals surface area contributed by atoms with Crippen LogP contribution in [0.3, 0.4) is 0 Å². The number of furan rings is 1. The van der Waals surface area contributed by atoms with Crippen LogP contribution in [0.15, 0.2) is 88.0 Å². The molecule has 5 rings (SSSR count). The molecule has 0 aliphatic rings. The third-order valence-electron chi connectivity index (χ3n) is 4.43. The van der Waals surface area contributed by atoms with Crippen LogP contribution in [0.1, 0.15) is 10.4 Å². The van der Waals surface area contributed by atoms with Crippen molar-refractivity contribution >= 4 is 22.8 Å². The van der Waals surface area contributed by atoms with Gasteiger partial charge in [0.15, 0.2) is 5.76 Å². The Morgan fingerprint density at radius 3 is 2.72 bits per heavy atom. The average molecular weight is 382 g/mol. The summed E-state index contributed by atoms with van der Waals surface area (Å²) in [4.78, 5) is 17.1. The van der Waals surface area contributed by atoms with Crippen molar-refractivity contribution in [2.24, 2.45) is 0 Å². The fourth-order valence-electron chi connectivity index (χ4n) is 3.01. The number of anilines is 1. The van der Waals surface area contributed by atoms with E-state index in [9.17, 15) is 4.79 Å². The summed E-state index contributed by atoms with van der Waals surface area (Å²) in [7, 11) is 0. The Morgan fingerprint density at radius 2 is 1.83 bits per heavy atom. The lowest BCUT2D eigenvalue weighted by molar-refractivity contribution is 0.102. The summed E-state index contributed by atoms with van der Waals surface area (Å²) in [6.45, 7) is 0. The molecule has 0 atom stereocenters. The first-order valence-electron chi connectivity index (χ1n) is 8.90. The van der Waals surface area contributed by atoms with Gasteiger partial charge in [-0.2, -0.15) is 0 Å². The van der Waals surface area contributed by atoms with Crippen molar-refractivity contribution in [2.45, 2.75) is 0 Å². The lowest BCUT2D eigenvalue weighted by Crippen LogP contribution is -2.12. The van der Waals surface area contributed by atoms with Crippen LogP contribution < -0.4 is 5.32 Å². The maximum absolute atomic E-state index is 12.6. The van der Waals surface area contributed by atoms with E-state index in [1.807, 2.05) is 42.5 Å². The molecule has 0 aliphatic heterocycles. The van der Waals surface area contributed by atoms with Crippen molar-refractivity contribution in [3.8, 4) is 22.8 Å². The van der Waals surface area contributed by atoms with Crippen molar-refractivity contribution in [2.75, 3.05) is 5.32 Å². The molecule has 140 valence electrons. The maximum Gasteiger partial charge on any atom is 0.322 e. The molecular weight excluding hydrogens is 368 g/mol. The van der Waals surface area contributed by atoms with Gasteiger partial charge in [-0.1, -0.05) is 35.4 Å². The molecule has 0 bridgehead atoms. The van der Waals surface area contributed by atoms with Crippen LogP contribution in [-0.2, 0) is 0 Å². The average Bonchev–Trinajstić information content (AvgIpc) is 3.45. The molecule has 0 fully saturated rings. The fourth-order valence-corrected chi connectivity index (χ4v) is 3.01. The summed E-state index contributed by atoms with van der Waals surface area (Å²) < 4.78 is 10.6. The minimum atomic E-state index is -0.352. The summed E-state index contributed by atoms with van der Waals surface area (Å²) in [6, 6.07) is 20.6. The fraction of sp³-hybridized carbons (Fsp3) is 0. The number of hydrogen-bond acceptors (Lipinski definition) is 6. The number of rotatable bonds is 4. The Kier molecular flexibility index (Phi) is 4.10. The molecule has 5 aromatic rings. The predicted octanol–water partition coefficient (Wildman–Crippen LogP) is 4.80. The van der Waals surface area contributed by atoms with Crippen LogP contribution in [0.25, 0.3) is 33.7 Å². The molecule has 0 radical (unpaired) electrons. The second-order valence-corrected chi connectivity index (χ2v) is 6.34. The van der Waals surface area contributed by atoms with E-state index < -0.39 is 0 Å². The highest BCUT2D eigenvalue weighted by Crippen LogP contribution is 2.24. The Bertz CT molecular complexity index is 1310. The van der Waals surface area contributed by atoms with Gasteiger partial charge in [0.05, 0.1) is 11.8 Å². The number of nitrogens with one attached hydrogen (secondary N) is 1. The number of aromatic nitrogens is 3. The maximum atomic E-state index is 12.6. The van der Waals surface area contributed by atoms with E-state index >= 15 is 0 Å². The quantitative estimate of drug-likeness (QED) is 0.480. The van der Waals surface area contributed by atoms with E-state index in [-0.39, 0.29) is 17.8 Å². The first-order valence-corrected chi connectivity index (χ1v) is 8.90. The van der Waals surface area contributed by atoms with E-state index in [2.05, 4.69) is 20.5 Å². The molecule has 7 nitrogen and oxygen atoms in total. The van der Waals surface area contributed by atoms with Gasteiger partial charge in [-0.3, -0.25) is 15.1 Å². The Labute approximate surface area is 165 Å². The van der Waals surface area contributed by atoms with Crippen molar-refractivity contribution in [3.63, 3.8) is 0 Å². The summed E-state index contributed by atoms with van der Waals surface area (Å²) in [6.07, 6.45) is 3.30. The Hall–Kier alpha value is -4.26. The zero-order valence-corrected chi connectivity index (χ0v) is 15.1. The van der Waals surface area contributed by atoms with Gasteiger partial charge in [0.1, 0.15) is 0 Å². The second kappa shape index (κ2) is 7.05. The predicted molar refractivity (Wildman–Crippen MR) is 107 cm³/mol. The monoisotopic (exact) mass is 382 g/mol. The summed E-state index contributed by atoms with van der Waals surface area (Å²) >= 11 is 0. The van der Waals surface area contributed by atoms with Crippen molar-refractivity contribution in [1.82, 2.24) is 15.2 Å². The van der Waals surface area contributed by atoms with Crippen LogP contribution in [-0.4, -0.2) is 21.1 Å². The first-order chi connectivity index (χ1) is 14.3. The minimum Gasteiger partial charge on any atom is -0.459 e. The normalized spacial score (nSPS) is 10.9. The molecule has 0 spiro atoms. The van der Waals surface area contributed by atoms with Crippen LogP contribution in [0.2, 0.25) is 0 Å². The highest BCUT2D eigenvalue weighted by atomic mass is 16.4. The number of carbonyl (C=O) groups excluding carboxylic acids is 1. The molecule has 1 amide bonds. The zero-order valence-electron chi connectivity index (χ0n) is 15.1. The van der Waals surface area contributed by atoms with Gasteiger partial charge in [-0.25, -0.2) is 0 Å². The standard InChI is InChI=1S/C22H14N4O3/c27-20(24-22-26-25-21(29-22)19-9-4-10-28-19)16-7-3-6-14(11-16)17-12-15-5-1-2-8-18(15)23-13-17/h1-13H,(H,24,26,27). The summed E-state index contributed by atoms with van der Waals surface area (Å²) in [5, 5.41) is 11.4. The molecule has 0 aliphatic carbocycles. The van der Waals surface area contributed by atoms with Crippen molar-refractivity contribution in [3.05, 3.63) is 84.8 Å². The van der Waals surface area contributed by atoms with Crippen LogP contribution >= 0.6 is 0 Å². The molecule has 29 heavy (non-hydrogen) atoms. The first kappa shape index (κ1) is 16.9. The lowest BCUT2D eigenvalue weighted by Gasteiger charge is -2.06. The molecule has 2 aromatic carbocycles. The zero-order chi connectivity index (χ0) is 19.6. The minimum absolute atomic E-state index is 0.000764. The molecule has 0 saturated carbocycles. The van der Waals surface area contributed by atoms with E-state index in [4.69, 9.17) is 8.83 Å². The number of benzene rings is 2. The molecule has 1 N–H and O–H groups in total. The number of fused-ring (bicyclic) bond motifs is 1. The highest BCUT2D eigenvalue weighted by Gasteiger charge is 2.14. The van der Waals surface area contributed by atoms with Crippen molar-refractivity contribution < 1.29 is 13.6 Å². The number of nitrogens with zero attached hydrogens (tertiary/aromatic N) is 3. The van der Waals surface area contributed by atoms with E-state index in [1.54, 1.807) is 30.5 Å². The van der Waals surface area contributed by atoms with E-state index in [0.717, 1.165) is 22.0 Å². The van der Waals surface area contributed by atoms with Gasteiger partial charge in [0.2, 0.25) is 0 Å². The van der Waals surface area contributed by atoms with Crippen LogP contribution in [0, 0.1) is 0 Å². The lowest BCUT2D eigenvalue weighted by atomic mass is 10.0. The highest BCUT2D eigenvalue weighted by molar-refractivity contribution is 6.04. The van der Waals surface area contributed by atoms with Gasteiger partial charge in [-0.05, 0) is 42.0 Å². The van der Waals surface area contributed by atoms with Crippen LogP contribution in [0.5, 0.6) is 0 Å². The smallest absolute Gasteiger partial charge is 0.322 e. The number of para-hydroxylation sites is 1. The number of amides is 1. The third-order valence-corrected chi connectivity index (χ3v) is 4.43. The molecular formula is C22H14N4O3. The Morgan fingerprint density at radius 1 is 0.897 bits per heavy atom. The third kappa shape index (κ3) is 3.37. The van der Waals surface area contributed by atoms with Gasteiger partial charge in [-0.15, -0.1) is 5.10 Å². The number of carbonyl (C=O) groups is 1. The SMILES string of the molecule is O=C(Nc1nnc(-c2ccco2)o1)c1cccc(-c2cnc3ccccc3c2)c1. The number of hydrogen-bond donors (Lipinski definition) is 1. The Balaban J connectivity index is 1.39. The van der Waals surface area contributed by atoms with E-state index in [0.29, 0.717) is 11.3 Å². The largest absolute Gasteiger partial charge is 0.459 e. The van der Waals surface area contributed by atoms with Gasteiger partial charge in [0.25, 0.3) is 11.8 Å². The van der Waals surface area contributed by atoms with Gasteiger partial charge < -0.3 is 8.83 Å². The molecule has 3 aromatic heterocycles. The second-order valence-electron chi connectivity index (χ2n) is 6.34. The molecule has 0 saturated heterocycles. The molecule has 3 heterocycles. The van der Waals surface area contributed by atoms with Crippen molar-refractivity contribution in [1.29, 1.82) is 0 Å². The summed E-state index contributed by atoms with van der Waals surface area (Å²) in [5.41, 5.74) is 3.20. The van der Waals surface area contributed by atoms with Gasteiger partial charge >= 0.3 is 6.01 Å². The summed E-state index contributed by atoms with van der Waals surface area (Å²) in [5.74, 6) is 0.278. The van der Waals surface area contributed by atoms with Crippen LogP contribution in [0.4, 0.5) is 6.01 Å². The molecule has 0 unspecified atom stereocenters. The molecule has 7 heteroatoms. The van der Waals surface area contributed by atoms with E-state index in [1.165, 1.54) is 6.26 Å². The number of pyridine rings is 1. The topological polar surface area (TPSA) is 94.1 Å². The van der Waals surface area contributed by atoms with Gasteiger partial charge in [0, 0.05) is 22.7 Å².